The summed E-state index contributed by atoms with van der Waals surface area (Å²) in [7, 11) is 0. The van der Waals surface area contributed by atoms with Crippen molar-refractivity contribution in [3.05, 3.63) is 315 Å². The van der Waals surface area contributed by atoms with Gasteiger partial charge >= 0.3 is 0 Å². The molecule has 0 aliphatic rings. The van der Waals surface area contributed by atoms with Crippen LogP contribution >= 0.6 is 11.5 Å². The second-order valence-electron chi connectivity index (χ2n) is 23.7. The third-order valence-corrected chi connectivity index (χ3v) is 19.8. The highest BCUT2D eigenvalue weighted by atomic mass is 32.1. The van der Waals surface area contributed by atoms with E-state index in [0.717, 1.165) is 39.1 Å². The van der Waals surface area contributed by atoms with Crippen LogP contribution in [0.1, 0.15) is 0 Å². The molecule has 0 amide bonds. The molecule has 4 nitrogen and oxygen atoms in total. The molecule has 19 rings (SSSR count). The predicted molar refractivity (Wildman–Crippen MR) is 378 cm³/mol. The summed E-state index contributed by atoms with van der Waals surface area (Å²) >= 11 is 1.83. The Balaban J connectivity index is 0.791. The third kappa shape index (κ3) is 7.66. The minimum Gasteiger partial charge on any atom is -0.309 e. The van der Waals surface area contributed by atoms with Gasteiger partial charge in [0.1, 0.15) is 0 Å². The van der Waals surface area contributed by atoms with Crippen LogP contribution in [0, 0.1) is 0 Å². The standard InChI is InChI=1S/C84H52N4S/c1-4-21-53(22-5-1)60-44-61(54-23-6-2-7-24-54)47-64(46-60)85-75-34-15-11-30-67(75)72-50-57(40-42-77(72)85)58-39-41-69-66-29-10-14-33-74(66)86(80(69)51-58)65-48-62(55-25-8-3-9-26-55)45-63(49-65)56-27-20-28-59(43-56)71-52-73-68-31-12-16-35-76(68)87-79-37-18-19-38-81(79)89-88-78-36-17-13-32-70(78)82(71)84(88)83(73)87/h1-52H. The van der Waals surface area contributed by atoms with Crippen LogP contribution in [0.25, 0.3) is 176 Å². The van der Waals surface area contributed by atoms with Crippen LogP contribution in [-0.2, 0) is 0 Å². The van der Waals surface area contributed by atoms with E-state index in [0.29, 0.717) is 0 Å². The molecule has 5 heteroatoms. The predicted octanol–water partition coefficient (Wildman–Crippen LogP) is 23.1. The molecule has 0 N–H and O–H groups in total. The number of hydrogen-bond donors (Lipinski definition) is 0. The SMILES string of the molecule is c1ccc(-c2cc(-c3ccccc3)cc(-n3c4ccccc4c4cc(-c5ccc6c7ccccc7n(-c7cc(-c8ccccc8)cc(-c8cccc(-c9cc%10c%11ccccc%11n%11c%12ccccc%12sn%12c%13ccccc%13c9c%12c%10%11)c8)c7)c6c5)ccc43)c2)cc1. The molecule has 0 aliphatic carbocycles. The highest BCUT2D eigenvalue weighted by Gasteiger charge is 2.25. The fraction of sp³-hybridized carbons (Fsp3) is 0. The first-order chi connectivity index (χ1) is 44.1. The molecular formula is C84H52N4S. The van der Waals surface area contributed by atoms with Crippen molar-refractivity contribution in [1.82, 2.24) is 17.3 Å². The minimum atomic E-state index is 1.11. The van der Waals surface area contributed by atoms with E-state index >= 15 is 0 Å². The molecule has 89 heavy (non-hydrogen) atoms. The van der Waals surface area contributed by atoms with Gasteiger partial charge in [0.05, 0.1) is 54.4 Å². The fourth-order valence-electron chi connectivity index (χ4n) is 14.7. The first-order valence-corrected chi connectivity index (χ1v) is 31.3. The zero-order valence-corrected chi connectivity index (χ0v) is 49.0. The van der Waals surface area contributed by atoms with E-state index in [2.05, 4.69) is 333 Å². The van der Waals surface area contributed by atoms with Crippen molar-refractivity contribution in [3.8, 4) is 78.1 Å². The first-order valence-electron chi connectivity index (χ1n) is 30.6. The molecule has 0 saturated carbocycles. The van der Waals surface area contributed by atoms with E-state index in [1.165, 1.54) is 136 Å². The maximum atomic E-state index is 2.51. The van der Waals surface area contributed by atoms with Crippen LogP contribution < -0.4 is 0 Å². The Kier molecular flexibility index (Phi) is 10.9. The molecule has 0 saturated heterocycles. The molecule has 5 heterocycles. The molecule has 5 aromatic heterocycles. The molecule has 0 fully saturated rings. The summed E-state index contributed by atoms with van der Waals surface area (Å²) in [5.41, 5.74) is 27.2. The van der Waals surface area contributed by atoms with Gasteiger partial charge in [-0.2, -0.15) is 0 Å². The zero-order chi connectivity index (χ0) is 58.3. The normalized spacial score (nSPS) is 12.0. The average molecular weight is 1150 g/mol. The number of nitrogens with zero attached hydrogens (tertiary/aromatic N) is 4. The summed E-state index contributed by atoms with van der Waals surface area (Å²) in [6.07, 6.45) is 0. The van der Waals surface area contributed by atoms with Crippen LogP contribution in [0.2, 0.25) is 0 Å². The zero-order valence-electron chi connectivity index (χ0n) is 48.2. The number of para-hydroxylation sites is 5. The monoisotopic (exact) mass is 1150 g/mol. The van der Waals surface area contributed by atoms with Gasteiger partial charge in [0.2, 0.25) is 0 Å². The maximum absolute atomic E-state index is 2.51. The summed E-state index contributed by atoms with van der Waals surface area (Å²) in [5, 5.41) is 9.90. The van der Waals surface area contributed by atoms with Gasteiger partial charge in [0.15, 0.2) is 0 Å². The van der Waals surface area contributed by atoms with Crippen molar-refractivity contribution >= 4 is 109 Å². The highest BCUT2D eigenvalue weighted by molar-refractivity contribution is 7.13. The molecule has 14 aromatic carbocycles. The quantitative estimate of drug-likeness (QED) is 0.144. The molecule has 414 valence electrons. The van der Waals surface area contributed by atoms with Gasteiger partial charge in [0, 0.05) is 54.5 Å². The van der Waals surface area contributed by atoms with Crippen molar-refractivity contribution < 1.29 is 0 Å². The topological polar surface area (TPSA) is 18.7 Å². The second-order valence-corrected chi connectivity index (χ2v) is 24.6. The molecule has 0 atom stereocenters. The van der Waals surface area contributed by atoms with Crippen molar-refractivity contribution in [1.29, 1.82) is 0 Å². The number of rotatable bonds is 8. The van der Waals surface area contributed by atoms with Gasteiger partial charge in [0.25, 0.3) is 0 Å². The summed E-state index contributed by atoms with van der Waals surface area (Å²) in [6, 6.07) is 117. The lowest BCUT2D eigenvalue weighted by molar-refractivity contribution is 1.18. The molecule has 0 radical (unpaired) electrons. The van der Waals surface area contributed by atoms with E-state index in [1.54, 1.807) is 0 Å². The van der Waals surface area contributed by atoms with Crippen LogP contribution in [0.4, 0.5) is 0 Å². The lowest BCUT2D eigenvalue weighted by atomic mass is 9.93. The van der Waals surface area contributed by atoms with Crippen LogP contribution in [0.5, 0.6) is 0 Å². The Labute approximate surface area is 516 Å². The maximum Gasteiger partial charge on any atom is 0.0899 e. The summed E-state index contributed by atoms with van der Waals surface area (Å²) in [4.78, 5) is 0. The van der Waals surface area contributed by atoms with Gasteiger partial charge in [-0.25, -0.2) is 0 Å². The Bertz CT molecular complexity index is 6040. The Morgan fingerprint density at radius 2 is 0.640 bits per heavy atom. The summed E-state index contributed by atoms with van der Waals surface area (Å²) in [5.74, 6) is 0. The van der Waals surface area contributed by atoms with Gasteiger partial charge in [-0.3, -0.25) is 3.79 Å². The molecule has 0 bridgehead atoms. The van der Waals surface area contributed by atoms with Gasteiger partial charge in [-0.05, 0) is 170 Å². The van der Waals surface area contributed by atoms with Crippen LogP contribution in [0.3, 0.4) is 0 Å². The number of fused-ring (bicyclic) bond motifs is 14. The molecule has 0 unspecified atom stereocenters. The highest BCUT2D eigenvalue weighted by Crippen LogP contribution is 2.48. The molecule has 19 aromatic rings. The van der Waals surface area contributed by atoms with Crippen molar-refractivity contribution in [2.24, 2.45) is 0 Å². The molecule has 0 aliphatic heterocycles. The van der Waals surface area contributed by atoms with E-state index < -0.39 is 0 Å². The van der Waals surface area contributed by atoms with Gasteiger partial charge in [-0.1, -0.05) is 224 Å². The smallest absolute Gasteiger partial charge is 0.0899 e. The summed E-state index contributed by atoms with van der Waals surface area (Å²) in [6.45, 7) is 0. The third-order valence-electron chi connectivity index (χ3n) is 18.7. The van der Waals surface area contributed by atoms with Gasteiger partial charge in [-0.15, -0.1) is 0 Å². The lowest BCUT2D eigenvalue weighted by Crippen LogP contribution is -1.96. The lowest BCUT2D eigenvalue weighted by Gasteiger charge is -2.15. The van der Waals surface area contributed by atoms with E-state index in [9.17, 15) is 0 Å². The Morgan fingerprint density at radius 1 is 0.213 bits per heavy atom. The number of aromatic nitrogens is 4. The van der Waals surface area contributed by atoms with Crippen LogP contribution in [0.15, 0.2) is 315 Å². The van der Waals surface area contributed by atoms with E-state index in [-0.39, 0.29) is 0 Å². The van der Waals surface area contributed by atoms with Gasteiger partial charge < -0.3 is 13.5 Å². The Morgan fingerprint density at radius 3 is 1.28 bits per heavy atom. The average Bonchev–Trinajstić information content (AvgIpc) is 1.58. The fourth-order valence-corrected chi connectivity index (χ4v) is 15.8. The first kappa shape index (κ1) is 49.7. The number of benzene rings is 14. The Hall–Kier alpha value is -11.5. The molecular weight excluding hydrogens is 1100 g/mol. The number of hydrogen-bond acceptors (Lipinski definition) is 1. The van der Waals surface area contributed by atoms with Crippen molar-refractivity contribution in [2.75, 3.05) is 0 Å². The second kappa shape index (κ2) is 19.5. The van der Waals surface area contributed by atoms with Crippen LogP contribution in [-0.4, -0.2) is 17.3 Å². The minimum absolute atomic E-state index is 1.11. The molecule has 0 spiro atoms. The van der Waals surface area contributed by atoms with Crippen molar-refractivity contribution in [3.63, 3.8) is 0 Å². The largest absolute Gasteiger partial charge is 0.309 e. The van der Waals surface area contributed by atoms with E-state index in [1.807, 2.05) is 11.5 Å². The van der Waals surface area contributed by atoms with Crippen molar-refractivity contribution in [2.45, 2.75) is 0 Å². The summed E-state index contributed by atoms with van der Waals surface area (Å²) < 4.78 is 11.2. The van der Waals surface area contributed by atoms with E-state index in [4.69, 9.17) is 0 Å².